The number of nitrogens with zero attached hydrogens (tertiary/aromatic N) is 2. The van der Waals surface area contributed by atoms with Crippen molar-refractivity contribution in [3.8, 4) is 0 Å². The van der Waals surface area contributed by atoms with Gasteiger partial charge in [0.15, 0.2) is 0 Å². The SMILES string of the molecule is C[C@H](CCN(C)C)NC(=O)c1ccc(C(F)(F)F)cc1[N+](=O)[O-]. The first-order valence-corrected chi connectivity index (χ1v) is 6.83. The van der Waals surface area contributed by atoms with Crippen molar-refractivity contribution in [2.24, 2.45) is 0 Å². The number of hydrogen-bond acceptors (Lipinski definition) is 4. The molecule has 0 aromatic heterocycles. The van der Waals surface area contributed by atoms with Gasteiger partial charge in [-0.15, -0.1) is 0 Å². The molecule has 23 heavy (non-hydrogen) atoms. The van der Waals surface area contributed by atoms with Crippen LogP contribution in [0.3, 0.4) is 0 Å². The predicted octanol–water partition coefficient (Wildman–Crippen LogP) is 2.68. The fourth-order valence-electron chi connectivity index (χ4n) is 1.88. The molecule has 1 atom stereocenters. The average Bonchev–Trinajstić information content (AvgIpc) is 2.43. The number of halogens is 3. The minimum Gasteiger partial charge on any atom is -0.349 e. The van der Waals surface area contributed by atoms with Crippen LogP contribution in [-0.4, -0.2) is 42.4 Å². The number of amides is 1. The van der Waals surface area contributed by atoms with Gasteiger partial charge in [0.25, 0.3) is 11.6 Å². The van der Waals surface area contributed by atoms with Crippen LogP contribution in [0.1, 0.15) is 29.3 Å². The lowest BCUT2D eigenvalue weighted by atomic mass is 10.1. The summed E-state index contributed by atoms with van der Waals surface area (Å²) in [5.74, 6) is -0.767. The molecule has 1 N–H and O–H groups in total. The lowest BCUT2D eigenvalue weighted by Gasteiger charge is -2.17. The molecule has 1 aromatic rings. The van der Waals surface area contributed by atoms with Crippen LogP contribution in [0.2, 0.25) is 0 Å². The summed E-state index contributed by atoms with van der Waals surface area (Å²) in [6, 6.07) is 1.59. The van der Waals surface area contributed by atoms with E-state index in [9.17, 15) is 28.1 Å². The van der Waals surface area contributed by atoms with Gasteiger partial charge in [-0.1, -0.05) is 0 Å². The Bertz CT molecular complexity index is 588. The lowest BCUT2D eigenvalue weighted by Crippen LogP contribution is -2.35. The molecule has 0 fully saturated rings. The summed E-state index contributed by atoms with van der Waals surface area (Å²) in [5, 5.41) is 13.5. The lowest BCUT2D eigenvalue weighted by molar-refractivity contribution is -0.385. The first kappa shape index (κ1) is 18.9. The number of hydrogen-bond donors (Lipinski definition) is 1. The Balaban J connectivity index is 2.98. The van der Waals surface area contributed by atoms with Gasteiger partial charge >= 0.3 is 6.18 Å². The van der Waals surface area contributed by atoms with Crippen LogP contribution in [0.4, 0.5) is 18.9 Å². The van der Waals surface area contributed by atoms with E-state index in [4.69, 9.17) is 0 Å². The minimum atomic E-state index is -4.71. The molecule has 0 saturated carbocycles. The second-order valence-electron chi connectivity index (χ2n) is 5.45. The third kappa shape index (κ3) is 5.51. The first-order valence-electron chi connectivity index (χ1n) is 6.83. The smallest absolute Gasteiger partial charge is 0.349 e. The van der Waals surface area contributed by atoms with E-state index in [1.54, 1.807) is 6.92 Å². The molecule has 0 heterocycles. The molecule has 128 valence electrons. The standard InChI is InChI=1S/C14H18F3N3O3/c1-9(6-7-19(2)3)18-13(21)11-5-4-10(14(15,16)17)8-12(11)20(22)23/h4-5,8-9H,6-7H2,1-3H3,(H,18,21)/t9-/m1/s1. The summed E-state index contributed by atoms with van der Waals surface area (Å²) in [5.41, 5.74) is -2.42. The summed E-state index contributed by atoms with van der Waals surface area (Å²) >= 11 is 0. The number of nitro benzene ring substituents is 1. The average molecular weight is 333 g/mol. The highest BCUT2D eigenvalue weighted by Gasteiger charge is 2.34. The van der Waals surface area contributed by atoms with Crippen molar-refractivity contribution in [2.75, 3.05) is 20.6 Å². The number of nitro groups is 1. The van der Waals surface area contributed by atoms with E-state index >= 15 is 0 Å². The highest BCUT2D eigenvalue weighted by molar-refractivity contribution is 5.98. The molecule has 0 aliphatic heterocycles. The van der Waals surface area contributed by atoms with Crippen molar-refractivity contribution in [1.82, 2.24) is 10.2 Å². The fraction of sp³-hybridized carbons (Fsp3) is 0.500. The van der Waals surface area contributed by atoms with Gasteiger partial charge in [0.05, 0.1) is 10.5 Å². The van der Waals surface area contributed by atoms with Gasteiger partial charge in [0.1, 0.15) is 5.56 Å². The summed E-state index contributed by atoms with van der Waals surface area (Å²) in [4.78, 5) is 23.9. The van der Waals surface area contributed by atoms with E-state index in [1.165, 1.54) is 0 Å². The van der Waals surface area contributed by atoms with Gasteiger partial charge in [-0.25, -0.2) is 0 Å². The maximum Gasteiger partial charge on any atom is 0.416 e. The monoisotopic (exact) mass is 333 g/mol. The first-order chi connectivity index (χ1) is 10.5. The molecule has 1 aromatic carbocycles. The normalized spacial score (nSPS) is 13.0. The third-order valence-corrected chi connectivity index (χ3v) is 3.15. The van der Waals surface area contributed by atoms with E-state index in [0.29, 0.717) is 25.1 Å². The maximum absolute atomic E-state index is 12.6. The summed E-state index contributed by atoms with van der Waals surface area (Å²) in [6.45, 7) is 2.41. The van der Waals surface area contributed by atoms with Crippen LogP contribution in [0.5, 0.6) is 0 Å². The van der Waals surface area contributed by atoms with Crippen LogP contribution in [0, 0.1) is 10.1 Å². The van der Waals surface area contributed by atoms with Crippen LogP contribution < -0.4 is 5.32 Å². The Hall–Kier alpha value is -2.16. The number of benzene rings is 1. The molecule has 6 nitrogen and oxygen atoms in total. The summed E-state index contributed by atoms with van der Waals surface area (Å²) in [7, 11) is 3.71. The van der Waals surface area contributed by atoms with E-state index in [0.717, 1.165) is 6.07 Å². The van der Waals surface area contributed by atoms with Gasteiger partial charge in [-0.2, -0.15) is 13.2 Å². The van der Waals surface area contributed by atoms with Gasteiger partial charge in [-0.05, 0) is 46.1 Å². The Morgan fingerprint density at radius 1 is 1.39 bits per heavy atom. The largest absolute Gasteiger partial charge is 0.416 e. The van der Waals surface area contributed by atoms with E-state index < -0.39 is 28.3 Å². The highest BCUT2D eigenvalue weighted by Crippen LogP contribution is 2.33. The third-order valence-electron chi connectivity index (χ3n) is 3.15. The Morgan fingerprint density at radius 2 is 2.00 bits per heavy atom. The van der Waals surface area contributed by atoms with E-state index in [1.807, 2.05) is 19.0 Å². The highest BCUT2D eigenvalue weighted by atomic mass is 19.4. The topological polar surface area (TPSA) is 75.5 Å². The zero-order valence-corrected chi connectivity index (χ0v) is 13.0. The van der Waals surface area contributed by atoms with Crippen LogP contribution in [-0.2, 0) is 6.18 Å². The number of carbonyl (C=O) groups excluding carboxylic acids is 1. The molecule has 9 heteroatoms. The Morgan fingerprint density at radius 3 is 2.48 bits per heavy atom. The van der Waals surface area contributed by atoms with Crippen LogP contribution >= 0.6 is 0 Å². The van der Waals surface area contributed by atoms with Crippen LogP contribution in [0.25, 0.3) is 0 Å². The Labute approximate surface area is 131 Å². The quantitative estimate of drug-likeness (QED) is 0.641. The second-order valence-corrected chi connectivity index (χ2v) is 5.45. The van der Waals surface area contributed by atoms with Gasteiger partial charge in [0, 0.05) is 12.1 Å². The molecule has 1 rings (SSSR count). The predicted molar refractivity (Wildman–Crippen MR) is 78.2 cm³/mol. The minimum absolute atomic E-state index is 0.271. The van der Waals surface area contributed by atoms with Crippen molar-refractivity contribution in [1.29, 1.82) is 0 Å². The second kappa shape index (κ2) is 7.40. The molecule has 0 saturated heterocycles. The zero-order valence-electron chi connectivity index (χ0n) is 13.0. The van der Waals surface area contributed by atoms with Crippen molar-refractivity contribution in [3.05, 3.63) is 39.4 Å². The van der Waals surface area contributed by atoms with Crippen molar-refractivity contribution in [3.63, 3.8) is 0 Å². The van der Waals surface area contributed by atoms with Crippen molar-refractivity contribution >= 4 is 11.6 Å². The van der Waals surface area contributed by atoms with E-state index in [-0.39, 0.29) is 11.6 Å². The molecule has 0 spiro atoms. The molecule has 0 radical (unpaired) electrons. The number of rotatable bonds is 6. The maximum atomic E-state index is 12.6. The van der Waals surface area contributed by atoms with Crippen LogP contribution in [0.15, 0.2) is 18.2 Å². The molecular weight excluding hydrogens is 315 g/mol. The van der Waals surface area contributed by atoms with Gasteiger partial charge in [0.2, 0.25) is 0 Å². The van der Waals surface area contributed by atoms with Gasteiger partial charge < -0.3 is 10.2 Å². The molecule has 0 aliphatic carbocycles. The molecule has 0 aliphatic rings. The zero-order chi connectivity index (χ0) is 17.8. The molecule has 1 amide bonds. The number of carbonyl (C=O) groups is 1. The fourth-order valence-corrected chi connectivity index (χ4v) is 1.88. The number of alkyl halides is 3. The summed E-state index contributed by atoms with van der Waals surface area (Å²) < 4.78 is 37.9. The molecule has 0 unspecified atom stereocenters. The van der Waals surface area contributed by atoms with Gasteiger partial charge in [-0.3, -0.25) is 14.9 Å². The molecule has 0 bridgehead atoms. The Kier molecular flexibility index (Phi) is 6.08. The summed E-state index contributed by atoms with van der Waals surface area (Å²) in [6.07, 6.45) is -4.11. The molecular formula is C14H18F3N3O3. The van der Waals surface area contributed by atoms with E-state index in [2.05, 4.69) is 5.32 Å². The van der Waals surface area contributed by atoms with Crippen molar-refractivity contribution in [2.45, 2.75) is 25.6 Å². The number of nitrogens with one attached hydrogen (secondary N) is 1. The van der Waals surface area contributed by atoms with Crippen molar-refractivity contribution < 1.29 is 22.9 Å².